The highest BCUT2D eigenvalue weighted by molar-refractivity contribution is 5.82. The summed E-state index contributed by atoms with van der Waals surface area (Å²) in [4.78, 5) is 4.42. The van der Waals surface area contributed by atoms with Gasteiger partial charge in [0.2, 0.25) is 5.95 Å². The molecule has 0 amide bonds. The van der Waals surface area contributed by atoms with Gasteiger partial charge in [-0.2, -0.15) is 0 Å². The van der Waals surface area contributed by atoms with Gasteiger partial charge in [-0.3, -0.25) is 0 Å². The summed E-state index contributed by atoms with van der Waals surface area (Å²) in [5.41, 5.74) is 7.92. The molecule has 0 bridgehead atoms. The average Bonchev–Trinajstić information content (AvgIpc) is 2.71. The zero-order valence-electron chi connectivity index (χ0n) is 12.1. The minimum absolute atomic E-state index is 0.564. The number of rotatable bonds is 5. The second-order valence-electron chi connectivity index (χ2n) is 5.40. The zero-order chi connectivity index (χ0) is 14.1. The first-order valence-electron chi connectivity index (χ1n) is 7.10. The number of ether oxygens (including phenoxy) is 2. The molecular weight excluding hydrogens is 254 g/mol. The van der Waals surface area contributed by atoms with E-state index in [0.29, 0.717) is 17.4 Å². The number of fused-ring (bicyclic) bond motifs is 1. The van der Waals surface area contributed by atoms with Crippen LogP contribution in [0.5, 0.6) is 11.5 Å². The molecule has 0 unspecified atom stereocenters. The van der Waals surface area contributed by atoms with Crippen LogP contribution in [0.4, 0.5) is 5.95 Å². The lowest BCUT2D eigenvalue weighted by molar-refractivity contribution is 0.284. The van der Waals surface area contributed by atoms with E-state index in [1.54, 1.807) is 14.2 Å². The Labute approximate surface area is 118 Å². The van der Waals surface area contributed by atoms with Crippen LogP contribution in [0, 0.1) is 5.92 Å². The van der Waals surface area contributed by atoms with Gasteiger partial charge in [-0.25, -0.2) is 4.98 Å². The maximum absolute atomic E-state index is 6.05. The number of hydrogen-bond acceptors (Lipinski definition) is 4. The van der Waals surface area contributed by atoms with E-state index in [4.69, 9.17) is 15.2 Å². The smallest absolute Gasteiger partial charge is 0.201 e. The minimum atomic E-state index is 0.564. The fourth-order valence-electron chi connectivity index (χ4n) is 2.80. The molecule has 2 N–H and O–H groups in total. The summed E-state index contributed by atoms with van der Waals surface area (Å²) in [7, 11) is 3.27. The third-order valence-corrected chi connectivity index (χ3v) is 4.27. The van der Waals surface area contributed by atoms with Crippen LogP contribution in [0.25, 0.3) is 11.0 Å². The second-order valence-corrected chi connectivity index (χ2v) is 5.40. The summed E-state index contributed by atoms with van der Waals surface area (Å²) in [6.45, 7) is 0.919. The molecule has 1 aromatic heterocycles. The largest absolute Gasteiger partial charge is 0.493 e. The third kappa shape index (κ3) is 2.17. The number of methoxy groups -OCH3 is 2. The van der Waals surface area contributed by atoms with Gasteiger partial charge in [0.1, 0.15) is 0 Å². The summed E-state index contributed by atoms with van der Waals surface area (Å²) in [6.07, 6.45) is 5.24. The zero-order valence-corrected chi connectivity index (χ0v) is 12.1. The number of anilines is 1. The molecule has 0 radical (unpaired) electrons. The highest BCUT2D eigenvalue weighted by Gasteiger charge is 2.19. The molecule has 1 aliphatic rings. The highest BCUT2D eigenvalue weighted by atomic mass is 16.5. The first kappa shape index (κ1) is 13.1. The molecule has 2 aromatic rings. The van der Waals surface area contributed by atoms with Crippen molar-refractivity contribution >= 4 is 17.0 Å². The van der Waals surface area contributed by atoms with E-state index >= 15 is 0 Å². The van der Waals surface area contributed by atoms with Crippen molar-refractivity contribution in [1.29, 1.82) is 0 Å². The molecule has 0 spiro atoms. The number of aryl methyl sites for hydroxylation is 1. The molecule has 5 nitrogen and oxygen atoms in total. The van der Waals surface area contributed by atoms with Crippen molar-refractivity contribution in [2.45, 2.75) is 32.2 Å². The molecule has 0 atom stereocenters. The number of aromatic nitrogens is 2. The Morgan fingerprint density at radius 1 is 1.25 bits per heavy atom. The van der Waals surface area contributed by atoms with Gasteiger partial charge in [-0.05, 0) is 12.3 Å². The number of nitrogens with two attached hydrogens (primary N) is 1. The van der Waals surface area contributed by atoms with Crippen LogP contribution in [0.3, 0.4) is 0 Å². The summed E-state index contributed by atoms with van der Waals surface area (Å²) >= 11 is 0. The Bertz CT molecular complexity index is 617. The Morgan fingerprint density at radius 3 is 2.55 bits per heavy atom. The maximum Gasteiger partial charge on any atom is 0.201 e. The molecule has 20 heavy (non-hydrogen) atoms. The SMILES string of the molecule is COc1cc2nc(N)n(CCC3CCC3)c2cc1OC. The van der Waals surface area contributed by atoms with Gasteiger partial charge in [0.25, 0.3) is 0 Å². The lowest BCUT2D eigenvalue weighted by Crippen LogP contribution is -2.14. The van der Waals surface area contributed by atoms with Crippen molar-refractivity contribution in [3.8, 4) is 11.5 Å². The van der Waals surface area contributed by atoms with Crippen LogP contribution in [0.2, 0.25) is 0 Å². The second kappa shape index (κ2) is 5.23. The van der Waals surface area contributed by atoms with Crippen LogP contribution in [-0.2, 0) is 6.54 Å². The predicted molar refractivity (Wildman–Crippen MR) is 79.2 cm³/mol. The van der Waals surface area contributed by atoms with Gasteiger partial charge in [-0.1, -0.05) is 19.3 Å². The van der Waals surface area contributed by atoms with Crippen molar-refractivity contribution in [2.75, 3.05) is 20.0 Å². The molecule has 0 saturated heterocycles. The standard InChI is InChI=1S/C15H21N3O2/c1-19-13-8-11-12(9-14(13)20-2)18(15(16)17-11)7-6-10-4-3-5-10/h8-10H,3-7H2,1-2H3,(H2,16,17). The average molecular weight is 275 g/mol. The van der Waals surface area contributed by atoms with Gasteiger partial charge in [0, 0.05) is 18.7 Å². The quantitative estimate of drug-likeness (QED) is 0.911. The van der Waals surface area contributed by atoms with Crippen molar-refractivity contribution in [1.82, 2.24) is 9.55 Å². The lowest BCUT2D eigenvalue weighted by Gasteiger charge is -2.25. The lowest BCUT2D eigenvalue weighted by atomic mass is 9.83. The molecule has 1 aromatic carbocycles. The Balaban J connectivity index is 1.95. The van der Waals surface area contributed by atoms with Gasteiger partial charge in [0.05, 0.1) is 25.3 Å². The number of benzene rings is 1. The Morgan fingerprint density at radius 2 is 1.95 bits per heavy atom. The molecule has 1 heterocycles. The van der Waals surface area contributed by atoms with Crippen LogP contribution in [0.15, 0.2) is 12.1 Å². The maximum atomic E-state index is 6.05. The molecule has 108 valence electrons. The van der Waals surface area contributed by atoms with Gasteiger partial charge >= 0.3 is 0 Å². The van der Waals surface area contributed by atoms with E-state index in [1.807, 2.05) is 12.1 Å². The van der Waals surface area contributed by atoms with Crippen LogP contribution >= 0.6 is 0 Å². The monoisotopic (exact) mass is 275 g/mol. The molecule has 5 heteroatoms. The first-order valence-corrected chi connectivity index (χ1v) is 7.10. The summed E-state index contributed by atoms with van der Waals surface area (Å²) < 4.78 is 12.7. The van der Waals surface area contributed by atoms with E-state index in [2.05, 4.69) is 9.55 Å². The van der Waals surface area contributed by atoms with E-state index in [0.717, 1.165) is 23.5 Å². The molecule has 1 saturated carbocycles. The van der Waals surface area contributed by atoms with Crippen molar-refractivity contribution in [3.63, 3.8) is 0 Å². The van der Waals surface area contributed by atoms with Crippen LogP contribution < -0.4 is 15.2 Å². The van der Waals surface area contributed by atoms with Crippen LogP contribution in [0.1, 0.15) is 25.7 Å². The van der Waals surface area contributed by atoms with Gasteiger partial charge in [-0.15, -0.1) is 0 Å². The topological polar surface area (TPSA) is 62.3 Å². The minimum Gasteiger partial charge on any atom is -0.493 e. The van der Waals surface area contributed by atoms with Crippen molar-refractivity contribution < 1.29 is 9.47 Å². The summed E-state index contributed by atoms with van der Waals surface area (Å²) in [5, 5.41) is 0. The van der Waals surface area contributed by atoms with E-state index in [9.17, 15) is 0 Å². The number of imidazole rings is 1. The van der Waals surface area contributed by atoms with E-state index < -0.39 is 0 Å². The Kier molecular flexibility index (Phi) is 3.42. The normalized spacial score (nSPS) is 15.3. The first-order chi connectivity index (χ1) is 9.72. The number of nitrogen functional groups attached to an aromatic ring is 1. The van der Waals surface area contributed by atoms with Gasteiger partial charge in [0.15, 0.2) is 11.5 Å². The van der Waals surface area contributed by atoms with Gasteiger partial charge < -0.3 is 19.8 Å². The summed E-state index contributed by atoms with van der Waals surface area (Å²) in [5.74, 6) is 2.81. The van der Waals surface area contributed by atoms with E-state index in [-0.39, 0.29) is 0 Å². The number of nitrogens with zero attached hydrogens (tertiary/aromatic N) is 2. The molecular formula is C15H21N3O2. The van der Waals surface area contributed by atoms with Crippen molar-refractivity contribution in [2.24, 2.45) is 5.92 Å². The van der Waals surface area contributed by atoms with Crippen molar-refractivity contribution in [3.05, 3.63) is 12.1 Å². The number of hydrogen-bond donors (Lipinski definition) is 1. The fourth-order valence-corrected chi connectivity index (χ4v) is 2.80. The fraction of sp³-hybridized carbons (Fsp3) is 0.533. The third-order valence-electron chi connectivity index (χ3n) is 4.27. The molecule has 1 fully saturated rings. The Hall–Kier alpha value is -1.91. The molecule has 1 aliphatic carbocycles. The van der Waals surface area contributed by atoms with Crippen LogP contribution in [-0.4, -0.2) is 23.8 Å². The predicted octanol–water partition coefficient (Wildman–Crippen LogP) is 2.83. The molecule has 0 aliphatic heterocycles. The summed E-state index contributed by atoms with van der Waals surface area (Å²) in [6, 6.07) is 3.84. The highest BCUT2D eigenvalue weighted by Crippen LogP contribution is 2.34. The van der Waals surface area contributed by atoms with E-state index in [1.165, 1.54) is 25.7 Å². The molecule has 3 rings (SSSR count).